The Labute approximate surface area is 76.0 Å². The number of fused-ring (bicyclic) bond motifs is 1. The van der Waals surface area contributed by atoms with Crippen molar-refractivity contribution < 1.29 is 9.13 Å². The second-order valence-electron chi connectivity index (χ2n) is 2.86. The summed E-state index contributed by atoms with van der Waals surface area (Å²) in [5, 5.41) is 0. The maximum atomic E-state index is 12.7. The van der Waals surface area contributed by atoms with Crippen LogP contribution in [0.1, 0.15) is 12.0 Å². The lowest BCUT2D eigenvalue weighted by atomic mass is 10.1. The topological polar surface area (TPSA) is 9.23 Å². The summed E-state index contributed by atoms with van der Waals surface area (Å²) in [4.78, 5) is 0. The molecule has 1 aromatic rings. The molecule has 0 bridgehead atoms. The third-order valence-electron chi connectivity index (χ3n) is 1.95. The molecule has 2 rings (SSSR count). The molecule has 3 heteroatoms. The van der Waals surface area contributed by atoms with Gasteiger partial charge in [0, 0.05) is 0 Å². The molecule has 1 heterocycles. The van der Waals surface area contributed by atoms with E-state index in [1.165, 1.54) is 12.1 Å². The van der Waals surface area contributed by atoms with E-state index in [0.29, 0.717) is 0 Å². The Bertz CT molecular complexity index is 301. The van der Waals surface area contributed by atoms with Crippen molar-refractivity contribution in [2.45, 2.75) is 18.3 Å². The van der Waals surface area contributed by atoms with Gasteiger partial charge in [-0.15, -0.1) is 12.6 Å². The van der Waals surface area contributed by atoms with Gasteiger partial charge in [0.05, 0.1) is 0 Å². The molecule has 0 radical (unpaired) electrons. The lowest BCUT2D eigenvalue weighted by Gasteiger charge is -2.22. The van der Waals surface area contributed by atoms with Crippen LogP contribution in [0.3, 0.4) is 0 Å². The molecule has 1 aromatic carbocycles. The van der Waals surface area contributed by atoms with E-state index in [1.807, 2.05) is 0 Å². The summed E-state index contributed by atoms with van der Waals surface area (Å²) in [6.07, 6.45) is 1.70. The molecule has 0 aliphatic carbocycles. The van der Waals surface area contributed by atoms with E-state index in [2.05, 4.69) is 12.6 Å². The Morgan fingerprint density at radius 2 is 2.33 bits per heavy atom. The van der Waals surface area contributed by atoms with E-state index in [9.17, 15) is 4.39 Å². The van der Waals surface area contributed by atoms with Crippen LogP contribution in [0.5, 0.6) is 5.75 Å². The van der Waals surface area contributed by atoms with Gasteiger partial charge in [0.2, 0.25) is 0 Å². The first-order valence-electron chi connectivity index (χ1n) is 3.89. The zero-order valence-electron chi connectivity index (χ0n) is 6.46. The van der Waals surface area contributed by atoms with Crippen molar-refractivity contribution in [3.63, 3.8) is 0 Å². The molecule has 64 valence electrons. The summed E-state index contributed by atoms with van der Waals surface area (Å²) in [5.41, 5.74) is 0.906. The smallest absolute Gasteiger partial charge is 0.142 e. The molecular formula is C9H9FOS. The Balaban J connectivity index is 2.37. The molecule has 1 atom stereocenters. The van der Waals surface area contributed by atoms with Gasteiger partial charge in [0.1, 0.15) is 17.0 Å². The average Bonchev–Trinajstić information content (AvgIpc) is 2.05. The van der Waals surface area contributed by atoms with Crippen LogP contribution in [-0.2, 0) is 6.42 Å². The molecule has 1 nitrogen and oxygen atoms in total. The molecule has 1 unspecified atom stereocenters. The highest BCUT2D eigenvalue weighted by Crippen LogP contribution is 2.28. The maximum Gasteiger partial charge on any atom is 0.142 e. The largest absolute Gasteiger partial charge is 0.480 e. The highest BCUT2D eigenvalue weighted by Gasteiger charge is 2.16. The maximum absolute atomic E-state index is 12.7. The van der Waals surface area contributed by atoms with E-state index in [1.54, 1.807) is 6.07 Å². The SMILES string of the molecule is Fc1ccc2c(c1)CCC(S)O2. The van der Waals surface area contributed by atoms with Crippen molar-refractivity contribution in [1.82, 2.24) is 0 Å². The molecule has 1 aliphatic rings. The predicted molar refractivity (Wildman–Crippen MR) is 48.1 cm³/mol. The summed E-state index contributed by atoms with van der Waals surface area (Å²) in [5.74, 6) is 0.567. The van der Waals surface area contributed by atoms with Gasteiger partial charge in [0.15, 0.2) is 0 Å². The van der Waals surface area contributed by atoms with Crippen molar-refractivity contribution >= 4 is 12.6 Å². The van der Waals surface area contributed by atoms with Crippen LogP contribution in [0, 0.1) is 5.82 Å². The molecular weight excluding hydrogens is 175 g/mol. The standard InChI is InChI=1S/C9H9FOS/c10-7-2-3-8-6(5-7)1-4-9(12)11-8/h2-3,5,9,12H,1,4H2. The molecule has 12 heavy (non-hydrogen) atoms. The Hall–Kier alpha value is -0.700. The minimum absolute atomic E-state index is 0.0389. The number of rotatable bonds is 0. The van der Waals surface area contributed by atoms with Crippen LogP contribution in [0.2, 0.25) is 0 Å². The highest BCUT2D eigenvalue weighted by molar-refractivity contribution is 7.80. The van der Waals surface area contributed by atoms with Gasteiger partial charge in [0.25, 0.3) is 0 Å². The molecule has 0 fully saturated rings. The molecule has 0 amide bonds. The highest BCUT2D eigenvalue weighted by atomic mass is 32.1. The fourth-order valence-electron chi connectivity index (χ4n) is 1.34. The van der Waals surface area contributed by atoms with Crippen molar-refractivity contribution in [1.29, 1.82) is 0 Å². The molecule has 0 aromatic heterocycles. The molecule has 0 saturated heterocycles. The normalized spacial score (nSPS) is 21.3. The number of thiol groups is 1. The van der Waals surface area contributed by atoms with Crippen LogP contribution >= 0.6 is 12.6 Å². The van der Waals surface area contributed by atoms with E-state index in [0.717, 1.165) is 24.2 Å². The minimum atomic E-state index is -0.199. The van der Waals surface area contributed by atoms with Crippen LogP contribution in [0.25, 0.3) is 0 Å². The van der Waals surface area contributed by atoms with Crippen LogP contribution in [-0.4, -0.2) is 5.44 Å². The number of ether oxygens (including phenoxy) is 1. The molecule has 0 saturated carbocycles. The fraction of sp³-hybridized carbons (Fsp3) is 0.333. The summed E-state index contributed by atoms with van der Waals surface area (Å²) in [6.45, 7) is 0. The van der Waals surface area contributed by atoms with Gasteiger partial charge in [-0.25, -0.2) is 4.39 Å². The van der Waals surface area contributed by atoms with Crippen LogP contribution in [0.4, 0.5) is 4.39 Å². The lowest BCUT2D eigenvalue weighted by Crippen LogP contribution is -2.16. The van der Waals surface area contributed by atoms with E-state index in [-0.39, 0.29) is 11.3 Å². The van der Waals surface area contributed by atoms with E-state index >= 15 is 0 Å². The molecule has 0 N–H and O–H groups in total. The van der Waals surface area contributed by atoms with Crippen molar-refractivity contribution in [2.75, 3.05) is 0 Å². The Kier molecular flexibility index (Phi) is 1.97. The number of benzene rings is 1. The summed E-state index contributed by atoms with van der Waals surface area (Å²) in [6, 6.07) is 4.59. The third kappa shape index (κ3) is 1.41. The van der Waals surface area contributed by atoms with Gasteiger partial charge in [-0.3, -0.25) is 0 Å². The fourth-order valence-corrected chi connectivity index (χ4v) is 1.59. The van der Waals surface area contributed by atoms with Gasteiger partial charge < -0.3 is 4.74 Å². The van der Waals surface area contributed by atoms with Gasteiger partial charge in [-0.2, -0.15) is 0 Å². The number of halogens is 1. The number of hydrogen-bond donors (Lipinski definition) is 1. The first-order valence-corrected chi connectivity index (χ1v) is 4.40. The van der Waals surface area contributed by atoms with E-state index in [4.69, 9.17) is 4.74 Å². The zero-order chi connectivity index (χ0) is 8.55. The van der Waals surface area contributed by atoms with E-state index < -0.39 is 0 Å². The van der Waals surface area contributed by atoms with Crippen molar-refractivity contribution in [3.05, 3.63) is 29.6 Å². The third-order valence-corrected chi connectivity index (χ3v) is 2.31. The zero-order valence-corrected chi connectivity index (χ0v) is 7.35. The van der Waals surface area contributed by atoms with Crippen molar-refractivity contribution in [2.24, 2.45) is 0 Å². The monoisotopic (exact) mass is 184 g/mol. The van der Waals surface area contributed by atoms with Crippen LogP contribution in [0.15, 0.2) is 18.2 Å². The second kappa shape index (κ2) is 2.98. The second-order valence-corrected chi connectivity index (χ2v) is 3.44. The average molecular weight is 184 g/mol. The van der Waals surface area contributed by atoms with Gasteiger partial charge in [-0.1, -0.05) is 0 Å². The first kappa shape index (κ1) is 7.92. The predicted octanol–water partition coefficient (Wildman–Crippen LogP) is 2.41. The van der Waals surface area contributed by atoms with Crippen LogP contribution < -0.4 is 4.74 Å². The molecule has 0 spiro atoms. The summed E-state index contributed by atoms with van der Waals surface area (Å²) < 4.78 is 18.1. The quantitative estimate of drug-likeness (QED) is 0.609. The first-order chi connectivity index (χ1) is 5.75. The Morgan fingerprint density at radius 3 is 3.17 bits per heavy atom. The number of aryl methyl sites for hydroxylation is 1. The Morgan fingerprint density at radius 1 is 1.50 bits per heavy atom. The van der Waals surface area contributed by atoms with Gasteiger partial charge in [-0.05, 0) is 36.6 Å². The minimum Gasteiger partial charge on any atom is -0.480 e. The lowest BCUT2D eigenvalue weighted by molar-refractivity contribution is 0.257. The van der Waals surface area contributed by atoms with Crippen molar-refractivity contribution in [3.8, 4) is 5.75 Å². The van der Waals surface area contributed by atoms with Gasteiger partial charge >= 0.3 is 0 Å². The summed E-state index contributed by atoms with van der Waals surface area (Å²) >= 11 is 4.20. The number of hydrogen-bond acceptors (Lipinski definition) is 2. The molecule has 1 aliphatic heterocycles. The summed E-state index contributed by atoms with van der Waals surface area (Å²) in [7, 11) is 0.